The molecule has 0 aliphatic heterocycles. The van der Waals surface area contributed by atoms with Crippen LogP contribution in [0, 0.1) is 35.5 Å². The molecule has 174 valence electrons. The van der Waals surface area contributed by atoms with Gasteiger partial charge in [-0.2, -0.15) is 0 Å². The third kappa shape index (κ3) is 22.3. The molecule has 0 saturated heterocycles. The maximum Gasteiger partial charge on any atom is -0.0360 e. The highest BCUT2D eigenvalue weighted by atomic mass is 14.4. The van der Waals surface area contributed by atoms with Gasteiger partial charge < -0.3 is 0 Å². The van der Waals surface area contributed by atoms with Crippen LogP contribution >= 0.6 is 0 Å². The second kappa shape index (κ2) is 23.3. The summed E-state index contributed by atoms with van der Waals surface area (Å²) >= 11 is 0. The summed E-state index contributed by atoms with van der Waals surface area (Å²) < 4.78 is 0. The van der Waals surface area contributed by atoms with Crippen molar-refractivity contribution in [2.24, 2.45) is 35.5 Å². The Bertz CT molecular complexity index is 260. The van der Waals surface area contributed by atoms with Gasteiger partial charge in [0.05, 0.1) is 0 Å². The van der Waals surface area contributed by atoms with Crippen molar-refractivity contribution < 1.29 is 0 Å². The molecule has 0 radical (unpaired) electrons. The van der Waals surface area contributed by atoms with Crippen LogP contribution in [-0.2, 0) is 0 Å². The van der Waals surface area contributed by atoms with Crippen molar-refractivity contribution in [1.82, 2.24) is 0 Å². The van der Waals surface area contributed by atoms with Gasteiger partial charge in [0.2, 0.25) is 0 Å². The summed E-state index contributed by atoms with van der Waals surface area (Å²) in [6, 6.07) is 0. The minimum atomic E-state index is 0.884. The summed E-state index contributed by atoms with van der Waals surface area (Å²) in [5, 5.41) is 0. The average Bonchev–Trinajstić information content (AvgIpc) is 3.38. The first-order chi connectivity index (χ1) is 13.3. The topological polar surface area (TPSA) is 0 Å². The van der Waals surface area contributed by atoms with Gasteiger partial charge in [-0.15, -0.1) is 0 Å². The molecule has 0 bridgehead atoms. The Morgan fingerprint density at radius 3 is 1.46 bits per heavy atom. The van der Waals surface area contributed by atoms with Gasteiger partial charge in [-0.05, 0) is 48.3 Å². The van der Waals surface area contributed by atoms with E-state index in [9.17, 15) is 0 Å². The van der Waals surface area contributed by atoms with E-state index in [2.05, 4.69) is 69.2 Å². The largest absolute Gasteiger partial charge is 0.0683 e. The summed E-state index contributed by atoms with van der Waals surface area (Å²) in [4.78, 5) is 0. The summed E-state index contributed by atoms with van der Waals surface area (Å²) in [7, 11) is 0. The van der Waals surface area contributed by atoms with Crippen molar-refractivity contribution in [1.29, 1.82) is 0 Å². The normalized spacial score (nSPS) is 21.8. The lowest BCUT2D eigenvalue weighted by Crippen LogP contribution is -2.13. The smallest absolute Gasteiger partial charge is 0.0360 e. The van der Waals surface area contributed by atoms with Crippen LogP contribution in [0.3, 0.4) is 0 Å². The highest BCUT2D eigenvalue weighted by Gasteiger charge is 2.36. The maximum absolute atomic E-state index is 2.40. The molecule has 0 aromatic heterocycles. The Kier molecular flexibility index (Phi) is 27.2. The molecule has 0 aromatic carbocycles. The molecule has 2 fully saturated rings. The number of rotatable bonds is 7. The molecule has 28 heavy (non-hydrogen) atoms. The predicted octanol–water partition coefficient (Wildman–Crippen LogP) is 10.8. The first kappa shape index (κ1) is 32.7. The first-order valence-electron chi connectivity index (χ1n) is 13.3. The van der Waals surface area contributed by atoms with E-state index < -0.39 is 0 Å². The molecule has 0 amide bonds. The van der Waals surface area contributed by atoms with Crippen LogP contribution in [-0.4, -0.2) is 0 Å². The summed E-state index contributed by atoms with van der Waals surface area (Å²) in [6.07, 6.45) is 14.3. The zero-order valence-corrected chi connectivity index (χ0v) is 22.5. The molecule has 0 N–H and O–H groups in total. The minimum Gasteiger partial charge on any atom is -0.0683 e. The summed E-state index contributed by atoms with van der Waals surface area (Å²) in [5.41, 5.74) is 0. The molecule has 0 heteroatoms. The van der Waals surface area contributed by atoms with Crippen molar-refractivity contribution in [3.8, 4) is 0 Å². The quantitative estimate of drug-likeness (QED) is 0.400. The Morgan fingerprint density at radius 2 is 1.25 bits per heavy atom. The Balaban J connectivity index is -0.000000310. The monoisotopic (exact) mass is 398 g/mol. The lowest BCUT2D eigenvalue weighted by atomic mass is 9.79. The standard InChI is InChI=1S/2C9H18.C5H12.C3H8.C2H6/c1-4-5-7(2)9-6-8(9)3;1-3-8(2)7-9-5-4-6-9;1-4-5(2)3;1-3-2;1-2/h7-9H,4-6H2,1-3H3;8-9H,3-7H2,1-2H3;5H,4H2,1-3H3;3H2,1-2H3;1-2H3. The molecule has 0 spiro atoms. The summed E-state index contributed by atoms with van der Waals surface area (Å²) in [5.74, 6) is 6.12. The third-order valence-corrected chi connectivity index (χ3v) is 6.12. The fourth-order valence-corrected chi connectivity index (χ4v) is 3.28. The summed E-state index contributed by atoms with van der Waals surface area (Å²) in [6.45, 7) is 26.6. The Labute approximate surface area is 183 Å². The molecule has 0 heterocycles. The van der Waals surface area contributed by atoms with Crippen molar-refractivity contribution in [2.45, 2.75) is 147 Å². The number of hydrogen-bond acceptors (Lipinski definition) is 0. The zero-order valence-electron chi connectivity index (χ0n) is 22.5. The molecule has 0 aromatic rings. The van der Waals surface area contributed by atoms with Gasteiger partial charge >= 0.3 is 0 Å². The van der Waals surface area contributed by atoms with Crippen LogP contribution in [0.2, 0.25) is 0 Å². The molecular weight excluding hydrogens is 336 g/mol. The van der Waals surface area contributed by atoms with Crippen molar-refractivity contribution >= 4 is 0 Å². The number of hydrogen-bond donors (Lipinski definition) is 0. The molecule has 4 atom stereocenters. The van der Waals surface area contributed by atoms with Gasteiger partial charge in [0.1, 0.15) is 0 Å². The second-order valence-corrected chi connectivity index (χ2v) is 9.70. The first-order valence-corrected chi connectivity index (χ1v) is 13.3. The van der Waals surface area contributed by atoms with Crippen molar-refractivity contribution in [3.63, 3.8) is 0 Å². The van der Waals surface area contributed by atoms with Gasteiger partial charge in [-0.1, -0.05) is 134 Å². The molecule has 2 aliphatic carbocycles. The zero-order chi connectivity index (χ0) is 22.5. The van der Waals surface area contributed by atoms with E-state index in [-0.39, 0.29) is 0 Å². The van der Waals surface area contributed by atoms with Crippen LogP contribution in [0.5, 0.6) is 0 Å². The van der Waals surface area contributed by atoms with E-state index >= 15 is 0 Å². The highest BCUT2D eigenvalue weighted by molar-refractivity contribution is 4.85. The van der Waals surface area contributed by atoms with Crippen molar-refractivity contribution in [2.75, 3.05) is 0 Å². The Morgan fingerprint density at radius 1 is 0.821 bits per heavy atom. The van der Waals surface area contributed by atoms with E-state index in [1.165, 1.54) is 64.2 Å². The van der Waals surface area contributed by atoms with Crippen LogP contribution in [0.25, 0.3) is 0 Å². The molecule has 2 rings (SSSR count). The minimum absolute atomic E-state index is 0.884. The maximum atomic E-state index is 2.40. The van der Waals surface area contributed by atoms with Gasteiger partial charge in [0.25, 0.3) is 0 Å². The van der Waals surface area contributed by atoms with Gasteiger partial charge in [0.15, 0.2) is 0 Å². The third-order valence-electron chi connectivity index (χ3n) is 6.12. The molecule has 2 aliphatic rings. The lowest BCUT2D eigenvalue weighted by Gasteiger charge is -2.27. The van der Waals surface area contributed by atoms with Gasteiger partial charge in [-0.25, -0.2) is 0 Å². The molecule has 0 nitrogen and oxygen atoms in total. The van der Waals surface area contributed by atoms with Crippen LogP contribution in [0.1, 0.15) is 147 Å². The fraction of sp³-hybridized carbons (Fsp3) is 1.00. The molecule has 4 unspecified atom stereocenters. The highest BCUT2D eigenvalue weighted by Crippen LogP contribution is 2.45. The van der Waals surface area contributed by atoms with Crippen LogP contribution < -0.4 is 0 Å². The van der Waals surface area contributed by atoms with E-state index in [1.807, 2.05) is 13.8 Å². The predicted molar refractivity (Wildman–Crippen MR) is 135 cm³/mol. The van der Waals surface area contributed by atoms with E-state index in [0.29, 0.717) is 0 Å². The Hall–Kier alpha value is 0. The van der Waals surface area contributed by atoms with Gasteiger partial charge in [-0.3, -0.25) is 0 Å². The average molecular weight is 399 g/mol. The molecular formula is C28H62. The second-order valence-electron chi connectivity index (χ2n) is 9.70. The van der Waals surface area contributed by atoms with E-state index in [4.69, 9.17) is 0 Å². The fourth-order valence-electron chi connectivity index (χ4n) is 3.28. The lowest BCUT2D eigenvalue weighted by molar-refractivity contribution is 0.254. The van der Waals surface area contributed by atoms with Gasteiger partial charge in [0, 0.05) is 0 Å². The van der Waals surface area contributed by atoms with Crippen molar-refractivity contribution in [3.05, 3.63) is 0 Å². The van der Waals surface area contributed by atoms with Crippen LogP contribution in [0.15, 0.2) is 0 Å². The van der Waals surface area contributed by atoms with E-state index in [0.717, 1.165) is 35.5 Å². The van der Waals surface area contributed by atoms with Crippen LogP contribution in [0.4, 0.5) is 0 Å². The SMILES string of the molecule is CC.CCC.CCC(C)C.CCC(C)CC1CCC1.CCCC(C)C1CC1C. The van der Waals surface area contributed by atoms with E-state index in [1.54, 1.807) is 0 Å². The molecule has 2 saturated carbocycles.